The van der Waals surface area contributed by atoms with E-state index in [1.807, 2.05) is 0 Å². The first-order chi connectivity index (χ1) is 4.20. The summed E-state index contributed by atoms with van der Waals surface area (Å²) in [5.74, 6) is -0.819. The zero-order chi connectivity index (χ0) is 6.85. The number of aromatic nitrogens is 2. The van der Waals surface area contributed by atoms with Crippen LogP contribution in [-0.4, -0.2) is 9.55 Å². The Hall–Kier alpha value is -1.19. The lowest BCUT2D eigenvalue weighted by Gasteiger charge is -1.91. The van der Waals surface area contributed by atoms with Gasteiger partial charge < -0.3 is 4.57 Å². The van der Waals surface area contributed by atoms with E-state index in [4.69, 9.17) is 0 Å². The van der Waals surface area contributed by atoms with Gasteiger partial charge in [-0.15, -0.1) is 0 Å². The first kappa shape index (κ1) is 5.94. The number of aryl methyl sites for hydroxylation is 1. The van der Waals surface area contributed by atoms with Gasteiger partial charge in [-0.3, -0.25) is 4.79 Å². The van der Waals surface area contributed by atoms with E-state index in [0.717, 1.165) is 6.20 Å². The van der Waals surface area contributed by atoms with E-state index in [2.05, 4.69) is 4.98 Å². The van der Waals surface area contributed by atoms with Crippen molar-refractivity contribution in [2.75, 3.05) is 0 Å². The zero-order valence-corrected chi connectivity index (χ0v) is 4.84. The predicted octanol–water partition coefficient (Wildman–Crippen LogP) is -0.0806. The van der Waals surface area contributed by atoms with Crippen LogP contribution in [0.4, 0.5) is 4.39 Å². The monoisotopic (exact) mass is 128 g/mol. The molecule has 0 bridgehead atoms. The highest BCUT2D eigenvalue weighted by molar-refractivity contribution is 4.84. The molecule has 0 aromatic carbocycles. The Morgan fingerprint density at radius 2 is 2.44 bits per heavy atom. The highest BCUT2D eigenvalue weighted by atomic mass is 19.1. The van der Waals surface area contributed by atoms with E-state index in [0.29, 0.717) is 0 Å². The summed E-state index contributed by atoms with van der Waals surface area (Å²) < 4.78 is 13.6. The lowest BCUT2D eigenvalue weighted by molar-refractivity contribution is 0.584. The van der Waals surface area contributed by atoms with Crippen molar-refractivity contribution in [3.63, 3.8) is 0 Å². The maximum atomic E-state index is 12.2. The Morgan fingerprint density at radius 1 is 1.78 bits per heavy atom. The van der Waals surface area contributed by atoms with Gasteiger partial charge in [-0.25, -0.2) is 0 Å². The van der Waals surface area contributed by atoms with E-state index in [1.54, 1.807) is 7.05 Å². The number of halogens is 1. The van der Waals surface area contributed by atoms with Gasteiger partial charge in [0.1, 0.15) is 0 Å². The van der Waals surface area contributed by atoms with Gasteiger partial charge in [0.25, 0.3) is 0 Å². The quantitative estimate of drug-likeness (QED) is 0.489. The molecule has 0 fully saturated rings. The molecule has 0 aliphatic heterocycles. The van der Waals surface area contributed by atoms with Crippen LogP contribution in [0.3, 0.4) is 0 Å². The molecule has 4 heteroatoms. The molecule has 0 aliphatic carbocycles. The summed E-state index contributed by atoms with van der Waals surface area (Å²) in [6.45, 7) is 0. The van der Waals surface area contributed by atoms with Crippen molar-refractivity contribution >= 4 is 0 Å². The first-order valence-corrected chi connectivity index (χ1v) is 2.38. The fraction of sp³-hybridized carbons (Fsp3) is 0.200. The topological polar surface area (TPSA) is 34.9 Å². The molecule has 1 aromatic rings. The third-order valence-electron chi connectivity index (χ3n) is 0.878. The second-order valence-electron chi connectivity index (χ2n) is 1.69. The first-order valence-electron chi connectivity index (χ1n) is 2.38. The lowest BCUT2D eigenvalue weighted by Crippen LogP contribution is -2.12. The molecule has 0 radical (unpaired) electrons. The SMILES string of the molecule is Cn1cnc(=O)c(F)c1. The number of hydrogen-bond acceptors (Lipinski definition) is 2. The summed E-state index contributed by atoms with van der Waals surface area (Å²) in [6.07, 6.45) is 2.33. The third kappa shape index (κ3) is 1.13. The Morgan fingerprint density at radius 3 is 2.89 bits per heavy atom. The number of rotatable bonds is 0. The lowest BCUT2D eigenvalue weighted by atomic mass is 10.6. The van der Waals surface area contributed by atoms with Gasteiger partial charge in [0.05, 0.1) is 6.33 Å². The summed E-state index contributed by atoms with van der Waals surface area (Å²) in [5, 5.41) is 0. The Kier molecular flexibility index (Phi) is 1.30. The van der Waals surface area contributed by atoms with Crippen LogP contribution in [0.2, 0.25) is 0 Å². The summed E-state index contributed by atoms with van der Waals surface area (Å²) in [5.41, 5.74) is -0.812. The maximum Gasteiger partial charge on any atom is 0.308 e. The average molecular weight is 128 g/mol. The summed E-state index contributed by atoms with van der Waals surface area (Å²) in [7, 11) is 1.59. The second kappa shape index (κ2) is 1.97. The zero-order valence-electron chi connectivity index (χ0n) is 4.84. The molecule has 0 amide bonds. The van der Waals surface area contributed by atoms with Crippen molar-refractivity contribution in [3.8, 4) is 0 Å². The van der Waals surface area contributed by atoms with Gasteiger partial charge in [-0.2, -0.15) is 9.37 Å². The van der Waals surface area contributed by atoms with E-state index in [1.165, 1.54) is 10.9 Å². The van der Waals surface area contributed by atoms with Crippen LogP contribution in [0.5, 0.6) is 0 Å². The Labute approximate surface area is 50.8 Å². The van der Waals surface area contributed by atoms with Gasteiger partial charge in [0.2, 0.25) is 5.82 Å². The summed E-state index contributed by atoms with van der Waals surface area (Å²) in [6, 6.07) is 0. The molecule has 0 spiro atoms. The largest absolute Gasteiger partial charge is 0.339 e. The molecule has 0 saturated carbocycles. The average Bonchev–Trinajstić information content (AvgIpc) is 1.80. The van der Waals surface area contributed by atoms with Gasteiger partial charge in [0, 0.05) is 13.2 Å². The van der Waals surface area contributed by atoms with Crippen molar-refractivity contribution in [1.82, 2.24) is 9.55 Å². The van der Waals surface area contributed by atoms with Crippen molar-refractivity contribution in [1.29, 1.82) is 0 Å². The molecular formula is C5H5FN2O. The van der Waals surface area contributed by atoms with Crippen LogP contribution in [0.25, 0.3) is 0 Å². The van der Waals surface area contributed by atoms with Crippen LogP contribution in [0, 0.1) is 5.82 Å². The molecule has 1 heterocycles. The standard InChI is InChI=1S/C5H5FN2O/c1-8-2-4(6)5(9)7-3-8/h2-3H,1H3. The molecule has 0 N–H and O–H groups in total. The van der Waals surface area contributed by atoms with Gasteiger partial charge in [0.15, 0.2) is 0 Å². The minimum absolute atomic E-state index is 0.812. The van der Waals surface area contributed by atoms with Crippen LogP contribution < -0.4 is 5.56 Å². The van der Waals surface area contributed by atoms with Crippen molar-refractivity contribution in [2.24, 2.45) is 7.05 Å². The highest BCUT2D eigenvalue weighted by Crippen LogP contribution is 1.81. The van der Waals surface area contributed by atoms with Crippen LogP contribution in [0.1, 0.15) is 0 Å². The second-order valence-corrected chi connectivity index (χ2v) is 1.69. The van der Waals surface area contributed by atoms with Gasteiger partial charge in [-0.1, -0.05) is 0 Å². The van der Waals surface area contributed by atoms with Crippen molar-refractivity contribution < 1.29 is 4.39 Å². The molecule has 48 valence electrons. The normalized spacial score (nSPS) is 9.56. The molecule has 1 rings (SSSR count). The number of nitrogens with zero attached hydrogens (tertiary/aromatic N) is 2. The smallest absolute Gasteiger partial charge is 0.308 e. The fourth-order valence-electron chi connectivity index (χ4n) is 0.473. The van der Waals surface area contributed by atoms with Gasteiger partial charge >= 0.3 is 5.56 Å². The van der Waals surface area contributed by atoms with E-state index >= 15 is 0 Å². The highest BCUT2D eigenvalue weighted by Gasteiger charge is 1.94. The summed E-state index contributed by atoms with van der Waals surface area (Å²) >= 11 is 0. The van der Waals surface area contributed by atoms with Crippen molar-refractivity contribution in [3.05, 3.63) is 28.7 Å². The number of hydrogen-bond donors (Lipinski definition) is 0. The predicted molar refractivity (Wildman–Crippen MR) is 29.4 cm³/mol. The molecule has 0 atom stereocenters. The van der Waals surface area contributed by atoms with Crippen LogP contribution in [0.15, 0.2) is 17.3 Å². The molecule has 9 heavy (non-hydrogen) atoms. The fourth-order valence-corrected chi connectivity index (χ4v) is 0.473. The minimum atomic E-state index is -0.819. The molecule has 1 aromatic heterocycles. The maximum absolute atomic E-state index is 12.2. The van der Waals surface area contributed by atoms with Crippen LogP contribution in [-0.2, 0) is 7.05 Å². The van der Waals surface area contributed by atoms with Crippen molar-refractivity contribution in [2.45, 2.75) is 0 Å². The van der Waals surface area contributed by atoms with E-state index < -0.39 is 11.4 Å². The Bertz CT molecular complexity index is 268. The molecule has 3 nitrogen and oxygen atoms in total. The molecular weight excluding hydrogens is 123 g/mol. The third-order valence-corrected chi connectivity index (χ3v) is 0.878. The minimum Gasteiger partial charge on any atom is -0.339 e. The Balaban J connectivity index is 3.34. The van der Waals surface area contributed by atoms with E-state index in [-0.39, 0.29) is 0 Å². The molecule has 0 unspecified atom stereocenters. The van der Waals surface area contributed by atoms with E-state index in [9.17, 15) is 9.18 Å². The molecule has 0 aliphatic rings. The van der Waals surface area contributed by atoms with Gasteiger partial charge in [-0.05, 0) is 0 Å². The summed E-state index contributed by atoms with van der Waals surface area (Å²) in [4.78, 5) is 13.5. The van der Waals surface area contributed by atoms with Crippen LogP contribution >= 0.6 is 0 Å². The molecule has 0 saturated heterocycles.